The Balaban J connectivity index is 3.20. The number of halogens is 3. The van der Waals surface area contributed by atoms with Crippen molar-refractivity contribution in [2.75, 3.05) is 0 Å². The zero-order valence-corrected chi connectivity index (χ0v) is 9.43. The summed E-state index contributed by atoms with van der Waals surface area (Å²) in [4.78, 5) is 0. The van der Waals surface area contributed by atoms with E-state index in [2.05, 4.69) is 0 Å². The Bertz CT molecular complexity index is 385. The summed E-state index contributed by atoms with van der Waals surface area (Å²) in [5.74, 6) is 0. The summed E-state index contributed by atoms with van der Waals surface area (Å²) < 4.78 is 36.9. The van der Waals surface area contributed by atoms with Crippen molar-refractivity contribution in [3.05, 3.63) is 34.8 Å². The molecule has 0 radical (unpaired) electrons. The van der Waals surface area contributed by atoms with Crippen molar-refractivity contribution in [3.63, 3.8) is 0 Å². The van der Waals surface area contributed by atoms with Gasteiger partial charge in [0.05, 0.1) is 0 Å². The molecule has 1 aromatic heterocycles. The standard InChI is InChI=1S/C11H14F3NO/c1-4-10(2,3)8-5-6-9(11(12,13)14)15(16)7-8/h5-7H,4H2,1-3H3. The Kier molecular flexibility index (Phi) is 3.17. The van der Waals surface area contributed by atoms with Gasteiger partial charge in [0.15, 0.2) is 6.20 Å². The molecule has 1 heterocycles. The first kappa shape index (κ1) is 12.8. The molecule has 0 fully saturated rings. The third-order valence-corrected chi connectivity index (χ3v) is 2.87. The number of hydrogen-bond donors (Lipinski definition) is 0. The van der Waals surface area contributed by atoms with Crippen LogP contribution in [0.2, 0.25) is 0 Å². The maximum absolute atomic E-state index is 12.3. The minimum Gasteiger partial charge on any atom is -0.618 e. The number of hydrogen-bond acceptors (Lipinski definition) is 1. The molecule has 0 saturated heterocycles. The number of aromatic nitrogens is 1. The second-order valence-corrected chi connectivity index (χ2v) is 4.36. The third-order valence-electron chi connectivity index (χ3n) is 2.87. The molecule has 0 aliphatic rings. The molecule has 1 aromatic rings. The largest absolute Gasteiger partial charge is 0.618 e. The topological polar surface area (TPSA) is 26.9 Å². The smallest absolute Gasteiger partial charge is 0.478 e. The van der Waals surface area contributed by atoms with Crippen LogP contribution in [0.5, 0.6) is 0 Å². The zero-order chi connectivity index (χ0) is 12.6. The van der Waals surface area contributed by atoms with E-state index in [1.165, 1.54) is 6.07 Å². The van der Waals surface area contributed by atoms with E-state index in [0.29, 0.717) is 5.56 Å². The van der Waals surface area contributed by atoms with Gasteiger partial charge in [-0.15, -0.1) is 0 Å². The van der Waals surface area contributed by atoms with Gasteiger partial charge in [-0.3, -0.25) is 0 Å². The third kappa shape index (κ3) is 2.46. The van der Waals surface area contributed by atoms with Gasteiger partial charge >= 0.3 is 6.18 Å². The zero-order valence-electron chi connectivity index (χ0n) is 9.43. The highest BCUT2D eigenvalue weighted by atomic mass is 19.4. The summed E-state index contributed by atoms with van der Waals surface area (Å²) in [6.45, 7) is 5.69. The molecule has 0 amide bonds. The van der Waals surface area contributed by atoms with Gasteiger partial charge in [-0.05, 0) is 17.9 Å². The Hall–Kier alpha value is -1.26. The van der Waals surface area contributed by atoms with Crippen LogP contribution in [0.3, 0.4) is 0 Å². The molecule has 2 nitrogen and oxygen atoms in total. The second kappa shape index (κ2) is 3.96. The number of pyridine rings is 1. The van der Waals surface area contributed by atoms with Crippen LogP contribution in [0.25, 0.3) is 0 Å². The van der Waals surface area contributed by atoms with E-state index in [9.17, 15) is 18.4 Å². The molecule has 1 rings (SSSR count). The van der Waals surface area contributed by atoms with Crippen molar-refractivity contribution in [1.29, 1.82) is 0 Å². The van der Waals surface area contributed by atoms with Crippen molar-refractivity contribution in [1.82, 2.24) is 0 Å². The molecule has 0 aliphatic heterocycles. The molecular formula is C11H14F3NO. The summed E-state index contributed by atoms with van der Waals surface area (Å²) in [5, 5.41) is 11.2. The first-order valence-corrected chi connectivity index (χ1v) is 4.99. The fourth-order valence-electron chi connectivity index (χ4n) is 1.30. The monoisotopic (exact) mass is 233 g/mol. The molecule has 5 heteroatoms. The second-order valence-electron chi connectivity index (χ2n) is 4.36. The molecule has 0 N–H and O–H groups in total. The number of rotatable bonds is 2. The highest BCUT2D eigenvalue weighted by molar-refractivity contribution is 5.19. The van der Waals surface area contributed by atoms with Gasteiger partial charge in [-0.2, -0.15) is 17.9 Å². The van der Waals surface area contributed by atoms with Crippen LogP contribution in [-0.2, 0) is 11.6 Å². The van der Waals surface area contributed by atoms with Crippen LogP contribution >= 0.6 is 0 Å². The van der Waals surface area contributed by atoms with Crippen molar-refractivity contribution in [3.8, 4) is 0 Å². The minimum atomic E-state index is -4.60. The Labute approximate surface area is 92.3 Å². The van der Waals surface area contributed by atoms with Crippen molar-refractivity contribution < 1.29 is 17.9 Å². The Morgan fingerprint density at radius 3 is 2.19 bits per heavy atom. The minimum absolute atomic E-state index is 0.104. The van der Waals surface area contributed by atoms with Gasteiger partial charge in [0, 0.05) is 11.6 Å². The SMILES string of the molecule is CCC(C)(C)c1ccc(C(F)(F)F)[n+]([O-])c1. The first-order valence-electron chi connectivity index (χ1n) is 4.99. The summed E-state index contributed by atoms with van der Waals surface area (Å²) in [6.07, 6.45) is -2.85. The average molecular weight is 233 g/mol. The van der Waals surface area contributed by atoms with Gasteiger partial charge in [-0.25, -0.2) is 0 Å². The summed E-state index contributed by atoms with van der Waals surface area (Å²) in [7, 11) is 0. The molecule has 0 spiro atoms. The lowest BCUT2D eigenvalue weighted by molar-refractivity contribution is -0.629. The number of nitrogens with zero attached hydrogens (tertiary/aromatic N) is 1. The predicted molar refractivity (Wildman–Crippen MR) is 53.7 cm³/mol. The maximum Gasteiger partial charge on any atom is 0.478 e. The molecule has 16 heavy (non-hydrogen) atoms. The average Bonchev–Trinajstić information content (AvgIpc) is 2.15. The lowest BCUT2D eigenvalue weighted by Crippen LogP contribution is -2.38. The summed E-state index contributed by atoms with van der Waals surface area (Å²) >= 11 is 0. The van der Waals surface area contributed by atoms with Gasteiger partial charge in [0.1, 0.15) is 0 Å². The molecule has 0 aliphatic carbocycles. The van der Waals surface area contributed by atoms with Crippen molar-refractivity contribution in [2.24, 2.45) is 0 Å². The van der Waals surface area contributed by atoms with Gasteiger partial charge < -0.3 is 5.21 Å². The normalized spacial score (nSPS) is 12.9. The quantitative estimate of drug-likeness (QED) is 0.569. The van der Waals surface area contributed by atoms with Crippen LogP contribution in [-0.4, -0.2) is 0 Å². The maximum atomic E-state index is 12.3. The lowest BCUT2D eigenvalue weighted by atomic mass is 9.83. The van der Waals surface area contributed by atoms with Crippen LogP contribution in [0.15, 0.2) is 18.3 Å². The number of alkyl halides is 3. The van der Waals surface area contributed by atoms with E-state index in [0.717, 1.165) is 18.7 Å². The summed E-state index contributed by atoms with van der Waals surface area (Å²) in [6, 6.07) is 2.19. The predicted octanol–water partition coefficient (Wildman–Crippen LogP) is 3.03. The van der Waals surface area contributed by atoms with E-state index in [1.807, 2.05) is 20.8 Å². The van der Waals surface area contributed by atoms with E-state index in [-0.39, 0.29) is 10.1 Å². The van der Waals surface area contributed by atoms with Gasteiger partial charge in [0.2, 0.25) is 0 Å². The molecule has 0 aromatic carbocycles. The van der Waals surface area contributed by atoms with Crippen LogP contribution in [0.1, 0.15) is 38.4 Å². The Morgan fingerprint density at radius 2 is 1.81 bits per heavy atom. The molecule has 0 atom stereocenters. The van der Waals surface area contributed by atoms with E-state index < -0.39 is 11.9 Å². The highest BCUT2D eigenvalue weighted by Crippen LogP contribution is 2.29. The van der Waals surface area contributed by atoms with Gasteiger partial charge in [0.25, 0.3) is 5.69 Å². The highest BCUT2D eigenvalue weighted by Gasteiger charge is 2.40. The fourth-order valence-corrected chi connectivity index (χ4v) is 1.30. The van der Waals surface area contributed by atoms with Crippen molar-refractivity contribution >= 4 is 0 Å². The van der Waals surface area contributed by atoms with E-state index in [1.54, 1.807) is 0 Å². The molecular weight excluding hydrogens is 219 g/mol. The van der Waals surface area contributed by atoms with Crippen molar-refractivity contribution in [2.45, 2.75) is 38.8 Å². The first-order chi connectivity index (χ1) is 7.18. The Morgan fingerprint density at radius 1 is 1.25 bits per heavy atom. The molecule has 0 bridgehead atoms. The lowest BCUT2D eigenvalue weighted by Gasteiger charge is -2.22. The van der Waals surface area contributed by atoms with E-state index in [4.69, 9.17) is 0 Å². The van der Waals surface area contributed by atoms with E-state index >= 15 is 0 Å². The van der Waals surface area contributed by atoms with Crippen LogP contribution in [0, 0.1) is 5.21 Å². The van der Waals surface area contributed by atoms with Crippen LogP contribution < -0.4 is 4.73 Å². The fraction of sp³-hybridized carbons (Fsp3) is 0.545. The van der Waals surface area contributed by atoms with Gasteiger partial charge in [-0.1, -0.05) is 20.8 Å². The molecule has 0 unspecified atom stereocenters. The molecule has 0 saturated carbocycles. The molecule has 90 valence electrons. The summed E-state index contributed by atoms with van der Waals surface area (Å²) in [5.41, 5.74) is -0.864. The van der Waals surface area contributed by atoms with Crippen LogP contribution in [0.4, 0.5) is 13.2 Å².